The lowest BCUT2D eigenvalue weighted by atomic mass is 9.96. The Balaban J connectivity index is 1.63. The lowest BCUT2D eigenvalue weighted by molar-refractivity contribution is 0.450. The van der Waals surface area contributed by atoms with E-state index >= 15 is 0 Å². The van der Waals surface area contributed by atoms with Gasteiger partial charge in [0.1, 0.15) is 0 Å². The van der Waals surface area contributed by atoms with E-state index in [4.69, 9.17) is 11.5 Å². The van der Waals surface area contributed by atoms with Gasteiger partial charge in [0.2, 0.25) is 0 Å². The number of hydrogen-bond acceptors (Lipinski definition) is 4. The van der Waals surface area contributed by atoms with E-state index in [1.165, 1.54) is 51.4 Å². The van der Waals surface area contributed by atoms with Crippen molar-refractivity contribution < 1.29 is 0 Å². The minimum atomic E-state index is 0.464. The van der Waals surface area contributed by atoms with Crippen molar-refractivity contribution in [3.8, 4) is 0 Å². The maximum atomic E-state index is 6.01. The van der Waals surface area contributed by atoms with Gasteiger partial charge >= 0.3 is 0 Å². The molecule has 2 nitrogen and oxygen atoms in total. The van der Waals surface area contributed by atoms with Gasteiger partial charge in [0.25, 0.3) is 0 Å². The lowest BCUT2D eigenvalue weighted by Gasteiger charge is -2.29. The highest BCUT2D eigenvalue weighted by Crippen LogP contribution is 2.42. The summed E-state index contributed by atoms with van der Waals surface area (Å²) < 4.78 is 0. The van der Waals surface area contributed by atoms with E-state index in [2.05, 4.69) is 21.6 Å². The summed E-state index contributed by atoms with van der Waals surface area (Å²) in [7, 11) is 4.22. The van der Waals surface area contributed by atoms with E-state index in [1.54, 1.807) is 0 Å². The average molecular weight is 260 g/mol. The normalized spacial score (nSPS) is 40.9. The van der Waals surface area contributed by atoms with Gasteiger partial charge in [-0.2, -0.15) is 0 Å². The molecule has 0 bridgehead atoms. The van der Waals surface area contributed by atoms with E-state index in [9.17, 15) is 0 Å². The predicted molar refractivity (Wildman–Crippen MR) is 75.6 cm³/mol. The first kappa shape index (κ1) is 13.1. The first-order valence-corrected chi connectivity index (χ1v) is 8.85. The molecule has 0 radical (unpaired) electrons. The first-order valence-electron chi connectivity index (χ1n) is 6.57. The Bertz CT molecular complexity index is 205. The Morgan fingerprint density at radius 1 is 0.688 bits per heavy atom. The largest absolute Gasteiger partial charge is 0.328 e. The number of rotatable bonds is 3. The smallest absolute Gasteiger partial charge is 0.0166 e. The highest BCUT2D eigenvalue weighted by atomic mass is 33.1. The summed E-state index contributed by atoms with van der Waals surface area (Å²) in [5.74, 6) is 0. The third-order valence-corrected chi connectivity index (χ3v) is 7.23. The molecule has 94 valence electrons. The van der Waals surface area contributed by atoms with Crippen LogP contribution in [0.15, 0.2) is 0 Å². The van der Waals surface area contributed by atoms with Crippen LogP contribution in [0.3, 0.4) is 0 Å². The minimum Gasteiger partial charge on any atom is -0.328 e. The summed E-state index contributed by atoms with van der Waals surface area (Å²) in [6.45, 7) is 0. The Morgan fingerprint density at radius 2 is 1.38 bits per heavy atom. The van der Waals surface area contributed by atoms with E-state index in [-0.39, 0.29) is 0 Å². The number of hydrogen-bond donors (Lipinski definition) is 2. The fourth-order valence-electron chi connectivity index (χ4n) is 2.61. The molecule has 2 fully saturated rings. The third kappa shape index (κ3) is 4.13. The van der Waals surface area contributed by atoms with Crippen LogP contribution in [0.1, 0.15) is 51.4 Å². The van der Waals surface area contributed by atoms with Gasteiger partial charge in [-0.05, 0) is 44.9 Å². The molecule has 0 aromatic carbocycles. The summed E-state index contributed by atoms with van der Waals surface area (Å²) in [4.78, 5) is 0. The molecule has 0 spiro atoms. The third-order valence-electron chi connectivity index (χ3n) is 3.71. The molecule has 0 heterocycles. The molecule has 4 heteroatoms. The van der Waals surface area contributed by atoms with E-state index in [0.717, 1.165) is 10.5 Å². The molecule has 2 unspecified atom stereocenters. The van der Waals surface area contributed by atoms with Crippen LogP contribution in [-0.4, -0.2) is 22.6 Å². The zero-order chi connectivity index (χ0) is 11.4. The molecule has 0 amide bonds. The Kier molecular flexibility index (Phi) is 5.33. The zero-order valence-electron chi connectivity index (χ0n) is 9.94. The molecule has 0 aromatic heterocycles. The topological polar surface area (TPSA) is 52.0 Å². The SMILES string of the molecule is NC1CCC(SSC2CCCC(N)C2)CC1. The van der Waals surface area contributed by atoms with Crippen LogP contribution in [0.25, 0.3) is 0 Å². The van der Waals surface area contributed by atoms with Crippen molar-refractivity contribution in [3.05, 3.63) is 0 Å². The quantitative estimate of drug-likeness (QED) is 0.766. The van der Waals surface area contributed by atoms with Gasteiger partial charge in [-0.1, -0.05) is 28.0 Å². The Labute approximate surface area is 107 Å². The van der Waals surface area contributed by atoms with Gasteiger partial charge in [0, 0.05) is 22.6 Å². The number of nitrogens with two attached hydrogens (primary N) is 2. The van der Waals surface area contributed by atoms with Crippen molar-refractivity contribution in [2.75, 3.05) is 0 Å². The van der Waals surface area contributed by atoms with E-state index < -0.39 is 0 Å². The highest BCUT2D eigenvalue weighted by Gasteiger charge is 2.23. The molecule has 2 atom stereocenters. The Morgan fingerprint density at radius 3 is 2.06 bits per heavy atom. The van der Waals surface area contributed by atoms with Crippen LogP contribution >= 0.6 is 21.6 Å². The van der Waals surface area contributed by atoms with Crippen molar-refractivity contribution in [2.24, 2.45) is 11.5 Å². The molecule has 16 heavy (non-hydrogen) atoms. The van der Waals surface area contributed by atoms with E-state index in [1.807, 2.05) is 0 Å². The van der Waals surface area contributed by atoms with Crippen LogP contribution in [0.5, 0.6) is 0 Å². The van der Waals surface area contributed by atoms with Gasteiger partial charge in [-0.15, -0.1) is 0 Å². The second-order valence-electron chi connectivity index (χ2n) is 5.28. The van der Waals surface area contributed by atoms with Crippen LogP contribution in [-0.2, 0) is 0 Å². The van der Waals surface area contributed by atoms with Crippen LogP contribution in [0.2, 0.25) is 0 Å². The molecule has 2 rings (SSSR count). The van der Waals surface area contributed by atoms with Crippen molar-refractivity contribution in [1.29, 1.82) is 0 Å². The monoisotopic (exact) mass is 260 g/mol. The molecule has 4 N–H and O–H groups in total. The molecule has 2 aliphatic carbocycles. The van der Waals surface area contributed by atoms with Crippen molar-refractivity contribution >= 4 is 21.6 Å². The van der Waals surface area contributed by atoms with E-state index in [0.29, 0.717) is 12.1 Å². The molecular formula is C12H24N2S2. The standard InChI is InChI=1S/C12H24N2S2/c13-9-4-6-11(7-5-9)15-16-12-3-1-2-10(14)8-12/h9-12H,1-8,13-14H2. The lowest BCUT2D eigenvalue weighted by Crippen LogP contribution is -2.29. The molecular weight excluding hydrogens is 236 g/mol. The maximum Gasteiger partial charge on any atom is 0.0166 e. The predicted octanol–water partition coefficient (Wildman–Crippen LogP) is 2.91. The van der Waals surface area contributed by atoms with Crippen molar-refractivity contribution in [1.82, 2.24) is 0 Å². The van der Waals surface area contributed by atoms with Gasteiger partial charge < -0.3 is 11.5 Å². The summed E-state index contributed by atoms with van der Waals surface area (Å²) >= 11 is 0. The van der Waals surface area contributed by atoms with Gasteiger partial charge in [0.05, 0.1) is 0 Å². The summed E-state index contributed by atoms with van der Waals surface area (Å²) in [6, 6.07) is 0.941. The Hall–Kier alpha value is 0.620. The van der Waals surface area contributed by atoms with Gasteiger partial charge in [-0.3, -0.25) is 0 Å². The van der Waals surface area contributed by atoms with Crippen LogP contribution < -0.4 is 11.5 Å². The molecule has 0 saturated heterocycles. The van der Waals surface area contributed by atoms with Crippen molar-refractivity contribution in [2.45, 2.75) is 74.0 Å². The van der Waals surface area contributed by atoms with Gasteiger partial charge in [-0.25, -0.2) is 0 Å². The van der Waals surface area contributed by atoms with Crippen LogP contribution in [0.4, 0.5) is 0 Å². The second-order valence-corrected chi connectivity index (χ2v) is 8.15. The first-order chi connectivity index (χ1) is 7.74. The summed E-state index contributed by atoms with van der Waals surface area (Å²) in [6.07, 6.45) is 10.2. The molecule has 0 aliphatic heterocycles. The summed E-state index contributed by atoms with van der Waals surface area (Å²) in [5.41, 5.74) is 11.9. The minimum absolute atomic E-state index is 0.464. The summed E-state index contributed by atoms with van der Waals surface area (Å²) in [5, 5.41) is 1.66. The van der Waals surface area contributed by atoms with Crippen molar-refractivity contribution in [3.63, 3.8) is 0 Å². The molecule has 2 saturated carbocycles. The average Bonchev–Trinajstić information content (AvgIpc) is 2.28. The maximum absolute atomic E-state index is 6.01. The fraction of sp³-hybridized carbons (Fsp3) is 1.00. The van der Waals surface area contributed by atoms with Crippen LogP contribution in [0, 0.1) is 0 Å². The fourth-order valence-corrected chi connectivity index (χ4v) is 6.02. The highest BCUT2D eigenvalue weighted by molar-refractivity contribution is 8.77. The molecule has 0 aromatic rings. The van der Waals surface area contributed by atoms with Gasteiger partial charge in [0.15, 0.2) is 0 Å². The zero-order valence-corrected chi connectivity index (χ0v) is 11.6. The molecule has 2 aliphatic rings. The second kappa shape index (κ2) is 6.53.